The van der Waals surface area contributed by atoms with E-state index in [2.05, 4.69) is 39.3 Å². The first kappa shape index (κ1) is 23.1. The minimum Gasteiger partial charge on any atom is -0.496 e. The highest BCUT2D eigenvalue weighted by Gasteiger charge is 2.09. The van der Waals surface area contributed by atoms with Crippen LogP contribution in [0.5, 0.6) is 5.75 Å². The zero-order valence-corrected chi connectivity index (χ0v) is 19.4. The van der Waals surface area contributed by atoms with Gasteiger partial charge < -0.3 is 20.3 Å². The third-order valence-electron chi connectivity index (χ3n) is 5.18. The molecular weight excluding hydrogens is 402 g/mol. The summed E-state index contributed by atoms with van der Waals surface area (Å²) in [6, 6.07) is 15.3. The van der Waals surface area contributed by atoms with Crippen molar-refractivity contribution in [3.8, 4) is 5.75 Å². The van der Waals surface area contributed by atoms with Crippen LogP contribution in [0, 0.1) is 13.8 Å². The summed E-state index contributed by atoms with van der Waals surface area (Å²) < 4.78 is 5.27. The lowest BCUT2D eigenvalue weighted by Gasteiger charge is -2.20. The molecular formula is C25H31N5O2. The summed E-state index contributed by atoms with van der Waals surface area (Å²) in [6.45, 7) is 9.85. The molecule has 0 radical (unpaired) electrons. The van der Waals surface area contributed by atoms with Crippen LogP contribution in [-0.4, -0.2) is 36.1 Å². The van der Waals surface area contributed by atoms with Gasteiger partial charge in [-0.1, -0.05) is 12.1 Å². The van der Waals surface area contributed by atoms with Crippen molar-refractivity contribution in [3.63, 3.8) is 0 Å². The number of ether oxygens (including phenoxy) is 1. The second-order valence-electron chi connectivity index (χ2n) is 7.56. The number of rotatable bonds is 9. The van der Waals surface area contributed by atoms with E-state index in [-0.39, 0.29) is 5.91 Å². The Hall–Kier alpha value is -3.61. The fourth-order valence-corrected chi connectivity index (χ4v) is 3.55. The van der Waals surface area contributed by atoms with Crippen LogP contribution in [0.2, 0.25) is 0 Å². The molecule has 3 aromatic rings. The summed E-state index contributed by atoms with van der Waals surface area (Å²) in [5.74, 6) is 3.12. The predicted octanol–water partition coefficient (Wildman–Crippen LogP) is 4.87. The lowest BCUT2D eigenvalue weighted by atomic mass is 10.1. The maximum Gasteiger partial charge on any atom is 0.228 e. The summed E-state index contributed by atoms with van der Waals surface area (Å²) in [4.78, 5) is 23.6. The van der Waals surface area contributed by atoms with E-state index in [9.17, 15) is 4.79 Å². The Morgan fingerprint density at radius 3 is 2.28 bits per heavy atom. The van der Waals surface area contributed by atoms with E-state index in [0.717, 1.165) is 58.8 Å². The van der Waals surface area contributed by atoms with Crippen molar-refractivity contribution in [3.05, 3.63) is 65.5 Å². The van der Waals surface area contributed by atoms with Gasteiger partial charge >= 0.3 is 0 Å². The van der Waals surface area contributed by atoms with Gasteiger partial charge in [-0.3, -0.25) is 4.79 Å². The Bertz CT molecular complexity index is 1060. The molecule has 0 saturated heterocycles. The normalized spacial score (nSPS) is 10.5. The van der Waals surface area contributed by atoms with Gasteiger partial charge in [-0.25, -0.2) is 9.97 Å². The van der Waals surface area contributed by atoms with E-state index < -0.39 is 0 Å². The van der Waals surface area contributed by atoms with Crippen molar-refractivity contribution >= 4 is 28.9 Å². The largest absolute Gasteiger partial charge is 0.496 e. The molecule has 7 nitrogen and oxygen atoms in total. The second-order valence-corrected chi connectivity index (χ2v) is 7.56. The Balaban J connectivity index is 1.63. The van der Waals surface area contributed by atoms with Crippen LogP contribution in [0.4, 0.5) is 23.0 Å². The smallest absolute Gasteiger partial charge is 0.228 e. The summed E-state index contributed by atoms with van der Waals surface area (Å²) in [5, 5.41) is 6.27. The molecule has 7 heteroatoms. The number of carbonyl (C=O) groups is 1. The first-order valence-electron chi connectivity index (χ1n) is 10.8. The highest BCUT2D eigenvalue weighted by atomic mass is 16.5. The number of carbonyl (C=O) groups excluding carboxylic acids is 1. The molecule has 0 aliphatic carbocycles. The van der Waals surface area contributed by atoms with Gasteiger partial charge in [0.05, 0.1) is 13.5 Å². The maximum atomic E-state index is 12.4. The molecule has 1 amide bonds. The Labute approximate surface area is 189 Å². The van der Waals surface area contributed by atoms with E-state index >= 15 is 0 Å². The molecule has 0 bridgehead atoms. The topological polar surface area (TPSA) is 79.4 Å². The number of nitrogens with one attached hydrogen (secondary N) is 2. The molecule has 168 valence electrons. The minimum atomic E-state index is -0.0643. The molecule has 2 N–H and O–H groups in total. The number of amides is 1. The zero-order chi connectivity index (χ0) is 23.1. The first-order valence-corrected chi connectivity index (χ1v) is 10.8. The van der Waals surface area contributed by atoms with E-state index in [1.165, 1.54) is 0 Å². The van der Waals surface area contributed by atoms with Gasteiger partial charge in [0.1, 0.15) is 23.2 Å². The van der Waals surface area contributed by atoms with Gasteiger partial charge in [0, 0.05) is 30.5 Å². The summed E-state index contributed by atoms with van der Waals surface area (Å²) in [6.07, 6.45) is 0.305. The van der Waals surface area contributed by atoms with Gasteiger partial charge in [0.2, 0.25) is 5.91 Å². The van der Waals surface area contributed by atoms with Crippen LogP contribution in [0.3, 0.4) is 0 Å². The molecule has 1 aromatic heterocycles. The van der Waals surface area contributed by atoms with Crippen molar-refractivity contribution in [1.29, 1.82) is 0 Å². The van der Waals surface area contributed by atoms with E-state index in [1.807, 2.05) is 62.4 Å². The lowest BCUT2D eigenvalue weighted by Crippen LogP contribution is -2.23. The Morgan fingerprint density at radius 2 is 1.66 bits per heavy atom. The number of hydrogen-bond donors (Lipinski definition) is 2. The molecule has 0 unspecified atom stereocenters. The number of aryl methyl sites for hydroxylation is 2. The fourth-order valence-electron chi connectivity index (χ4n) is 3.55. The predicted molar refractivity (Wildman–Crippen MR) is 130 cm³/mol. The van der Waals surface area contributed by atoms with Gasteiger partial charge in [0.15, 0.2) is 0 Å². The molecule has 0 spiro atoms. The van der Waals surface area contributed by atoms with Crippen molar-refractivity contribution < 1.29 is 9.53 Å². The summed E-state index contributed by atoms with van der Waals surface area (Å²) in [7, 11) is 1.64. The minimum absolute atomic E-state index is 0.0643. The quantitative estimate of drug-likeness (QED) is 0.501. The molecule has 32 heavy (non-hydrogen) atoms. The lowest BCUT2D eigenvalue weighted by molar-refractivity contribution is -0.115. The standard InChI is InChI=1S/C25H31N5O2/c1-6-30(7-2)24-16-23(26-18(4)27-24)28-20-9-11-21(12-10-20)29-25(31)15-19-8-13-22(32-5)17(3)14-19/h8-14,16H,6-7,15H2,1-5H3,(H,29,31)(H,26,27,28). The van der Waals surface area contributed by atoms with Gasteiger partial charge in [0.25, 0.3) is 0 Å². The zero-order valence-electron chi connectivity index (χ0n) is 19.4. The number of hydrogen-bond acceptors (Lipinski definition) is 6. The molecule has 3 rings (SSSR count). The van der Waals surface area contributed by atoms with Gasteiger partial charge in [-0.05, 0) is 69.2 Å². The molecule has 1 heterocycles. The van der Waals surface area contributed by atoms with Crippen LogP contribution in [0.15, 0.2) is 48.5 Å². The number of methoxy groups -OCH3 is 1. The van der Waals surface area contributed by atoms with E-state index in [4.69, 9.17) is 4.74 Å². The first-order chi connectivity index (χ1) is 15.4. The highest BCUT2D eigenvalue weighted by molar-refractivity contribution is 5.92. The molecule has 0 aliphatic heterocycles. The van der Waals surface area contributed by atoms with Crippen LogP contribution >= 0.6 is 0 Å². The molecule has 0 atom stereocenters. The van der Waals surface area contributed by atoms with E-state index in [1.54, 1.807) is 7.11 Å². The third kappa shape index (κ3) is 5.97. The molecule has 2 aromatic carbocycles. The monoisotopic (exact) mass is 433 g/mol. The Morgan fingerprint density at radius 1 is 0.969 bits per heavy atom. The number of anilines is 4. The van der Waals surface area contributed by atoms with Crippen molar-refractivity contribution in [2.24, 2.45) is 0 Å². The van der Waals surface area contributed by atoms with Crippen LogP contribution in [-0.2, 0) is 11.2 Å². The SMILES string of the molecule is CCN(CC)c1cc(Nc2ccc(NC(=O)Cc3ccc(OC)c(C)c3)cc2)nc(C)n1. The summed E-state index contributed by atoms with van der Waals surface area (Å²) in [5.41, 5.74) is 3.59. The van der Waals surface area contributed by atoms with Crippen molar-refractivity contribution in [2.45, 2.75) is 34.1 Å². The van der Waals surface area contributed by atoms with Gasteiger partial charge in [-0.15, -0.1) is 0 Å². The Kier molecular flexibility index (Phi) is 7.65. The maximum absolute atomic E-state index is 12.4. The van der Waals surface area contributed by atoms with Crippen LogP contribution < -0.4 is 20.3 Å². The number of benzene rings is 2. The third-order valence-corrected chi connectivity index (χ3v) is 5.18. The number of aromatic nitrogens is 2. The number of nitrogens with zero attached hydrogens (tertiary/aromatic N) is 3. The molecule has 0 saturated carbocycles. The van der Waals surface area contributed by atoms with Crippen LogP contribution in [0.1, 0.15) is 30.8 Å². The van der Waals surface area contributed by atoms with Crippen molar-refractivity contribution in [1.82, 2.24) is 9.97 Å². The average Bonchev–Trinajstić information content (AvgIpc) is 2.76. The average molecular weight is 434 g/mol. The molecule has 0 aliphatic rings. The second kappa shape index (κ2) is 10.6. The fraction of sp³-hybridized carbons (Fsp3) is 0.320. The van der Waals surface area contributed by atoms with E-state index in [0.29, 0.717) is 6.42 Å². The molecule has 0 fully saturated rings. The van der Waals surface area contributed by atoms with Crippen LogP contribution in [0.25, 0.3) is 0 Å². The van der Waals surface area contributed by atoms with Crippen molar-refractivity contribution in [2.75, 3.05) is 35.7 Å². The highest BCUT2D eigenvalue weighted by Crippen LogP contribution is 2.22. The van der Waals surface area contributed by atoms with Gasteiger partial charge in [-0.2, -0.15) is 0 Å². The summed E-state index contributed by atoms with van der Waals surface area (Å²) >= 11 is 0.